The van der Waals surface area contributed by atoms with Gasteiger partial charge in [0, 0.05) is 19.5 Å². The Morgan fingerprint density at radius 1 is 1.30 bits per heavy atom. The number of carbonyl (C=O) groups excluding carboxylic acids is 1. The summed E-state index contributed by atoms with van der Waals surface area (Å²) >= 11 is 0. The maximum atomic E-state index is 12.1. The third kappa shape index (κ3) is 6.06. The monoisotopic (exact) mass is 278 g/mol. The SMILES string of the molecule is CC(CCCN)C(=O)N(C)CCCOc1ccccc1. The van der Waals surface area contributed by atoms with Gasteiger partial charge in [-0.3, -0.25) is 4.79 Å². The van der Waals surface area contributed by atoms with Crippen LogP contribution < -0.4 is 10.5 Å². The van der Waals surface area contributed by atoms with Gasteiger partial charge in [-0.2, -0.15) is 0 Å². The Bertz CT molecular complexity index is 381. The summed E-state index contributed by atoms with van der Waals surface area (Å²) in [5.41, 5.74) is 5.47. The predicted octanol–water partition coefficient (Wildman–Crippen LogP) is 2.29. The van der Waals surface area contributed by atoms with Gasteiger partial charge in [0.1, 0.15) is 5.75 Å². The van der Waals surface area contributed by atoms with E-state index in [4.69, 9.17) is 10.5 Å². The van der Waals surface area contributed by atoms with Crippen molar-refractivity contribution in [2.75, 3.05) is 26.7 Å². The van der Waals surface area contributed by atoms with Crippen molar-refractivity contribution in [1.29, 1.82) is 0 Å². The summed E-state index contributed by atoms with van der Waals surface area (Å²) < 4.78 is 5.61. The van der Waals surface area contributed by atoms with Crippen molar-refractivity contribution in [3.05, 3.63) is 30.3 Å². The first kappa shape index (κ1) is 16.5. The Labute approximate surface area is 121 Å². The van der Waals surface area contributed by atoms with E-state index < -0.39 is 0 Å². The van der Waals surface area contributed by atoms with Crippen molar-refractivity contribution in [2.24, 2.45) is 11.7 Å². The molecule has 0 heterocycles. The number of nitrogens with two attached hydrogens (primary N) is 1. The zero-order valence-corrected chi connectivity index (χ0v) is 12.5. The largest absolute Gasteiger partial charge is 0.494 e. The van der Waals surface area contributed by atoms with Gasteiger partial charge in [0.25, 0.3) is 0 Å². The number of amides is 1. The fourth-order valence-electron chi connectivity index (χ4n) is 2.04. The minimum atomic E-state index is 0.0543. The Hall–Kier alpha value is -1.55. The van der Waals surface area contributed by atoms with Crippen molar-refractivity contribution in [3.63, 3.8) is 0 Å². The molecule has 1 amide bonds. The first-order chi connectivity index (χ1) is 9.65. The van der Waals surface area contributed by atoms with Crippen LogP contribution in [0.2, 0.25) is 0 Å². The van der Waals surface area contributed by atoms with Crippen LogP contribution in [0.1, 0.15) is 26.2 Å². The third-order valence-corrected chi connectivity index (χ3v) is 3.29. The van der Waals surface area contributed by atoms with E-state index in [2.05, 4.69) is 0 Å². The molecule has 20 heavy (non-hydrogen) atoms. The van der Waals surface area contributed by atoms with Crippen molar-refractivity contribution < 1.29 is 9.53 Å². The standard InChI is InChI=1S/C16H26N2O2/c1-14(8-6-11-17)16(19)18(2)12-7-13-20-15-9-4-3-5-10-15/h3-5,9-10,14H,6-8,11-13,17H2,1-2H3. The number of ether oxygens (including phenoxy) is 1. The van der Waals surface area contributed by atoms with Gasteiger partial charge in [0.2, 0.25) is 5.91 Å². The lowest BCUT2D eigenvalue weighted by Crippen LogP contribution is -2.33. The van der Waals surface area contributed by atoms with Gasteiger partial charge < -0.3 is 15.4 Å². The second kappa shape index (κ2) is 9.37. The lowest BCUT2D eigenvalue weighted by molar-refractivity contribution is -0.134. The van der Waals surface area contributed by atoms with Crippen LogP contribution in [0, 0.1) is 5.92 Å². The van der Waals surface area contributed by atoms with Gasteiger partial charge in [0.05, 0.1) is 6.61 Å². The van der Waals surface area contributed by atoms with Crippen LogP contribution in [0.25, 0.3) is 0 Å². The molecule has 2 N–H and O–H groups in total. The fraction of sp³-hybridized carbons (Fsp3) is 0.562. The highest BCUT2D eigenvalue weighted by Crippen LogP contribution is 2.10. The van der Waals surface area contributed by atoms with Crippen molar-refractivity contribution in [3.8, 4) is 5.75 Å². The smallest absolute Gasteiger partial charge is 0.225 e. The van der Waals surface area contributed by atoms with Crippen LogP contribution in [0.5, 0.6) is 5.75 Å². The fourth-order valence-corrected chi connectivity index (χ4v) is 2.04. The van der Waals surface area contributed by atoms with Gasteiger partial charge in [-0.25, -0.2) is 0 Å². The molecule has 112 valence electrons. The number of hydrogen-bond donors (Lipinski definition) is 1. The predicted molar refractivity (Wildman–Crippen MR) is 81.6 cm³/mol. The maximum absolute atomic E-state index is 12.1. The van der Waals surface area contributed by atoms with Crippen LogP contribution in [0.4, 0.5) is 0 Å². The molecule has 0 radical (unpaired) electrons. The molecule has 1 atom stereocenters. The second-order valence-electron chi connectivity index (χ2n) is 5.11. The molecule has 0 aliphatic heterocycles. The molecule has 0 aromatic heterocycles. The Kier molecular flexibility index (Phi) is 7.73. The molecule has 4 heteroatoms. The zero-order chi connectivity index (χ0) is 14.8. The summed E-state index contributed by atoms with van der Waals surface area (Å²) in [6.07, 6.45) is 2.60. The summed E-state index contributed by atoms with van der Waals surface area (Å²) in [5, 5.41) is 0. The molecule has 4 nitrogen and oxygen atoms in total. The van der Waals surface area contributed by atoms with E-state index in [1.165, 1.54) is 0 Å². The maximum Gasteiger partial charge on any atom is 0.225 e. The molecule has 1 rings (SSSR count). The van der Waals surface area contributed by atoms with E-state index in [0.717, 1.165) is 31.6 Å². The highest BCUT2D eigenvalue weighted by atomic mass is 16.5. The average molecular weight is 278 g/mol. The number of carbonyl (C=O) groups is 1. The van der Waals surface area contributed by atoms with Crippen molar-refractivity contribution >= 4 is 5.91 Å². The molecule has 1 aromatic rings. The first-order valence-electron chi connectivity index (χ1n) is 7.28. The van der Waals surface area contributed by atoms with Crippen molar-refractivity contribution in [1.82, 2.24) is 4.90 Å². The van der Waals surface area contributed by atoms with E-state index >= 15 is 0 Å². The second-order valence-corrected chi connectivity index (χ2v) is 5.11. The number of benzene rings is 1. The number of nitrogens with zero attached hydrogens (tertiary/aromatic N) is 1. The Balaban J connectivity index is 2.19. The van der Waals surface area contributed by atoms with Crippen LogP contribution in [-0.4, -0.2) is 37.6 Å². The highest BCUT2D eigenvalue weighted by Gasteiger charge is 2.16. The summed E-state index contributed by atoms with van der Waals surface area (Å²) in [5.74, 6) is 1.12. The first-order valence-corrected chi connectivity index (χ1v) is 7.28. The normalized spacial score (nSPS) is 11.9. The van der Waals surface area contributed by atoms with Gasteiger partial charge in [-0.1, -0.05) is 25.1 Å². The lowest BCUT2D eigenvalue weighted by atomic mass is 10.0. The number of rotatable bonds is 9. The van der Waals surface area contributed by atoms with Gasteiger partial charge >= 0.3 is 0 Å². The van der Waals surface area contributed by atoms with Crippen LogP contribution in [0.15, 0.2) is 30.3 Å². The minimum Gasteiger partial charge on any atom is -0.494 e. The van der Waals surface area contributed by atoms with E-state index in [1.54, 1.807) is 4.90 Å². The van der Waals surface area contributed by atoms with E-state index in [-0.39, 0.29) is 11.8 Å². The lowest BCUT2D eigenvalue weighted by Gasteiger charge is -2.21. The molecule has 0 saturated heterocycles. The number of para-hydroxylation sites is 1. The topological polar surface area (TPSA) is 55.6 Å². The molecule has 0 aliphatic carbocycles. The van der Waals surface area contributed by atoms with Crippen LogP contribution >= 0.6 is 0 Å². The summed E-state index contributed by atoms with van der Waals surface area (Å²) in [4.78, 5) is 13.8. The molecule has 0 saturated carbocycles. The minimum absolute atomic E-state index is 0.0543. The molecular weight excluding hydrogens is 252 g/mol. The third-order valence-electron chi connectivity index (χ3n) is 3.29. The van der Waals surface area contributed by atoms with Crippen molar-refractivity contribution in [2.45, 2.75) is 26.2 Å². The number of hydrogen-bond acceptors (Lipinski definition) is 3. The molecular formula is C16H26N2O2. The molecule has 0 fully saturated rings. The van der Waals surface area contributed by atoms with E-state index in [1.807, 2.05) is 44.3 Å². The zero-order valence-electron chi connectivity index (χ0n) is 12.5. The average Bonchev–Trinajstić information content (AvgIpc) is 2.49. The van der Waals surface area contributed by atoms with Gasteiger partial charge in [0.15, 0.2) is 0 Å². The highest BCUT2D eigenvalue weighted by molar-refractivity contribution is 5.78. The molecule has 0 aliphatic rings. The molecule has 0 spiro atoms. The van der Waals surface area contributed by atoms with Gasteiger partial charge in [-0.15, -0.1) is 0 Å². The summed E-state index contributed by atoms with van der Waals surface area (Å²) in [6.45, 7) is 3.96. The Morgan fingerprint density at radius 3 is 2.65 bits per heavy atom. The van der Waals surface area contributed by atoms with E-state index in [0.29, 0.717) is 13.2 Å². The molecule has 1 unspecified atom stereocenters. The summed E-state index contributed by atoms with van der Waals surface area (Å²) in [6, 6.07) is 9.73. The van der Waals surface area contributed by atoms with Crippen LogP contribution in [0.3, 0.4) is 0 Å². The quantitative estimate of drug-likeness (QED) is 0.705. The molecule has 1 aromatic carbocycles. The van der Waals surface area contributed by atoms with E-state index in [9.17, 15) is 4.79 Å². The Morgan fingerprint density at radius 2 is 2.00 bits per heavy atom. The van der Waals surface area contributed by atoms with Gasteiger partial charge in [-0.05, 0) is 37.9 Å². The summed E-state index contributed by atoms with van der Waals surface area (Å²) in [7, 11) is 1.85. The van der Waals surface area contributed by atoms with Crippen LogP contribution in [-0.2, 0) is 4.79 Å². The molecule has 0 bridgehead atoms.